The molecule has 0 aliphatic carbocycles. The van der Waals surface area contributed by atoms with Crippen molar-refractivity contribution in [1.29, 1.82) is 0 Å². The molecule has 0 fully saturated rings. The van der Waals surface area contributed by atoms with Crippen molar-refractivity contribution < 1.29 is 8.42 Å². The van der Waals surface area contributed by atoms with Crippen LogP contribution in [0.1, 0.15) is 6.92 Å². The summed E-state index contributed by atoms with van der Waals surface area (Å²) in [5, 5.41) is 0. The molecule has 0 spiro atoms. The van der Waals surface area contributed by atoms with Crippen LogP contribution in [0.5, 0.6) is 0 Å². The van der Waals surface area contributed by atoms with Gasteiger partial charge < -0.3 is 0 Å². The quantitative estimate of drug-likeness (QED) is 0.788. The Hall–Kier alpha value is -0.950. The van der Waals surface area contributed by atoms with Crippen LogP contribution in [-0.4, -0.2) is 30.6 Å². The van der Waals surface area contributed by atoms with E-state index < -0.39 is 10.0 Å². The minimum Gasteiger partial charge on any atom is -0.256 e. The summed E-state index contributed by atoms with van der Waals surface area (Å²) in [5.41, 5.74) is 0. The van der Waals surface area contributed by atoms with Gasteiger partial charge in [0.15, 0.2) is 5.82 Å². The Kier molecular flexibility index (Phi) is 2.51. The molecule has 1 aromatic heterocycles. The lowest BCUT2D eigenvalue weighted by molar-refractivity contribution is 0.533. The van der Waals surface area contributed by atoms with Gasteiger partial charge in [0.2, 0.25) is 0 Å². The molecule has 1 aliphatic rings. The van der Waals surface area contributed by atoms with Crippen molar-refractivity contribution >= 4 is 38.1 Å². The van der Waals surface area contributed by atoms with Crippen LogP contribution in [0.2, 0.25) is 0 Å². The summed E-state index contributed by atoms with van der Waals surface area (Å²) in [5.74, 6) is 0.239. The topological polar surface area (TPSA) is 62.6 Å². The molecule has 2 rings (SSSR count). The van der Waals surface area contributed by atoms with E-state index in [1.807, 2.05) is 0 Å². The molecule has 80 valence electrons. The van der Waals surface area contributed by atoms with E-state index in [1.54, 1.807) is 6.92 Å². The predicted octanol–water partition coefficient (Wildman–Crippen LogP) is 1.53. The molecule has 0 unspecified atom stereocenters. The van der Waals surface area contributed by atoms with Gasteiger partial charge in [-0.2, -0.15) is 0 Å². The van der Waals surface area contributed by atoms with E-state index in [2.05, 4.69) is 25.9 Å². The summed E-state index contributed by atoms with van der Waals surface area (Å²) in [6, 6.07) is 1.51. The SMILES string of the molecule is CCN1C=Nc2ncc(Br)cc2S1(=O)=O. The van der Waals surface area contributed by atoms with E-state index >= 15 is 0 Å². The number of aromatic nitrogens is 1. The minimum atomic E-state index is -3.46. The Balaban J connectivity index is 2.68. The number of hydrogen-bond donors (Lipinski definition) is 0. The van der Waals surface area contributed by atoms with Gasteiger partial charge in [-0.1, -0.05) is 0 Å². The summed E-state index contributed by atoms with van der Waals surface area (Å²) in [4.78, 5) is 8.04. The van der Waals surface area contributed by atoms with Crippen molar-refractivity contribution in [3.8, 4) is 0 Å². The molecule has 0 saturated carbocycles. The molecule has 0 bridgehead atoms. The van der Waals surface area contributed by atoms with Crippen LogP contribution in [0.15, 0.2) is 26.6 Å². The van der Waals surface area contributed by atoms with E-state index in [9.17, 15) is 8.42 Å². The van der Waals surface area contributed by atoms with Crippen molar-refractivity contribution in [2.75, 3.05) is 6.54 Å². The fraction of sp³-hybridized carbons (Fsp3) is 0.250. The summed E-state index contributed by atoms with van der Waals surface area (Å²) in [7, 11) is -3.46. The fourth-order valence-electron chi connectivity index (χ4n) is 1.26. The van der Waals surface area contributed by atoms with Crippen molar-refractivity contribution in [1.82, 2.24) is 9.29 Å². The van der Waals surface area contributed by atoms with Crippen LogP contribution in [-0.2, 0) is 10.0 Å². The second kappa shape index (κ2) is 3.57. The highest BCUT2D eigenvalue weighted by Crippen LogP contribution is 2.30. The van der Waals surface area contributed by atoms with Gasteiger partial charge in [0.05, 0.1) is 0 Å². The van der Waals surface area contributed by atoms with Crippen LogP contribution in [0.3, 0.4) is 0 Å². The third-order valence-electron chi connectivity index (χ3n) is 2.01. The number of aliphatic imine (C=N–C) groups is 1. The highest BCUT2D eigenvalue weighted by atomic mass is 79.9. The maximum absolute atomic E-state index is 12.0. The highest BCUT2D eigenvalue weighted by molar-refractivity contribution is 9.10. The first kappa shape index (κ1) is 10.6. The van der Waals surface area contributed by atoms with Crippen LogP contribution in [0, 0.1) is 0 Å². The zero-order valence-corrected chi connectivity index (χ0v) is 10.3. The van der Waals surface area contributed by atoms with Gasteiger partial charge in [0.1, 0.15) is 11.2 Å². The number of fused-ring (bicyclic) bond motifs is 1. The van der Waals surface area contributed by atoms with Gasteiger partial charge in [0.25, 0.3) is 10.0 Å². The average molecular weight is 290 g/mol. The summed E-state index contributed by atoms with van der Waals surface area (Å²) < 4.78 is 25.7. The smallest absolute Gasteiger partial charge is 0.256 e. The largest absolute Gasteiger partial charge is 0.268 e. The monoisotopic (exact) mass is 289 g/mol. The van der Waals surface area contributed by atoms with Crippen LogP contribution in [0.25, 0.3) is 0 Å². The molecule has 0 radical (unpaired) electrons. The van der Waals surface area contributed by atoms with Gasteiger partial charge in [0, 0.05) is 17.2 Å². The molecule has 0 atom stereocenters. The molecule has 5 nitrogen and oxygen atoms in total. The molecule has 1 aliphatic heterocycles. The fourth-order valence-corrected chi connectivity index (χ4v) is 3.12. The van der Waals surface area contributed by atoms with Gasteiger partial charge in [-0.15, -0.1) is 0 Å². The molecule has 7 heteroatoms. The Morgan fingerprint density at radius 3 is 2.93 bits per heavy atom. The van der Waals surface area contributed by atoms with Crippen molar-refractivity contribution in [2.24, 2.45) is 4.99 Å². The number of pyridine rings is 1. The van der Waals surface area contributed by atoms with Gasteiger partial charge in [-0.3, -0.25) is 4.31 Å². The van der Waals surface area contributed by atoms with E-state index in [0.717, 1.165) is 0 Å². The summed E-state index contributed by atoms with van der Waals surface area (Å²) in [6.45, 7) is 2.11. The van der Waals surface area contributed by atoms with Gasteiger partial charge >= 0.3 is 0 Å². The molecule has 2 heterocycles. The van der Waals surface area contributed by atoms with Gasteiger partial charge in [-0.25, -0.2) is 18.4 Å². The maximum Gasteiger partial charge on any atom is 0.268 e. The molecule has 0 saturated heterocycles. The lowest BCUT2D eigenvalue weighted by Crippen LogP contribution is -2.31. The van der Waals surface area contributed by atoms with Crippen molar-refractivity contribution in [3.63, 3.8) is 0 Å². The molecule has 0 amide bonds. The molecule has 15 heavy (non-hydrogen) atoms. The Labute approximate surface area is 96.0 Å². The second-order valence-electron chi connectivity index (χ2n) is 2.93. The standard InChI is InChI=1S/C8H8BrN3O2S/c1-2-12-5-11-8-7(15(12,13)14)3-6(9)4-10-8/h3-5H,2H2,1H3. The Morgan fingerprint density at radius 1 is 1.53 bits per heavy atom. The van der Waals surface area contributed by atoms with Gasteiger partial charge in [-0.05, 0) is 28.9 Å². The highest BCUT2D eigenvalue weighted by Gasteiger charge is 2.28. The second-order valence-corrected chi connectivity index (χ2v) is 5.70. The lowest BCUT2D eigenvalue weighted by atomic mass is 10.5. The molecule has 0 N–H and O–H groups in total. The Bertz CT molecular complexity index is 527. The third kappa shape index (κ3) is 1.65. The Morgan fingerprint density at radius 2 is 2.27 bits per heavy atom. The summed E-state index contributed by atoms with van der Waals surface area (Å²) >= 11 is 3.19. The average Bonchev–Trinajstić information content (AvgIpc) is 2.19. The molecule has 0 aromatic carbocycles. The zero-order valence-electron chi connectivity index (χ0n) is 7.88. The van der Waals surface area contributed by atoms with Crippen molar-refractivity contribution in [3.05, 3.63) is 16.7 Å². The van der Waals surface area contributed by atoms with E-state index in [4.69, 9.17) is 0 Å². The van der Waals surface area contributed by atoms with Crippen LogP contribution in [0.4, 0.5) is 5.82 Å². The molecule has 1 aromatic rings. The molecular formula is C8H8BrN3O2S. The predicted molar refractivity (Wildman–Crippen MR) is 59.7 cm³/mol. The normalized spacial score (nSPS) is 17.6. The minimum absolute atomic E-state index is 0.140. The number of hydrogen-bond acceptors (Lipinski definition) is 4. The number of nitrogens with zero attached hydrogens (tertiary/aromatic N) is 3. The lowest BCUT2D eigenvalue weighted by Gasteiger charge is -2.21. The van der Waals surface area contributed by atoms with Crippen LogP contribution >= 0.6 is 15.9 Å². The first-order valence-electron chi connectivity index (χ1n) is 4.27. The zero-order chi connectivity index (χ0) is 11.1. The maximum atomic E-state index is 12.0. The first-order chi connectivity index (χ1) is 7.05. The molecular weight excluding hydrogens is 282 g/mol. The van der Waals surface area contributed by atoms with E-state index in [1.165, 1.54) is 22.9 Å². The number of sulfonamides is 1. The van der Waals surface area contributed by atoms with E-state index in [-0.39, 0.29) is 10.7 Å². The number of halogens is 1. The van der Waals surface area contributed by atoms with E-state index in [0.29, 0.717) is 11.0 Å². The summed E-state index contributed by atoms with van der Waals surface area (Å²) in [6.07, 6.45) is 2.81. The number of rotatable bonds is 1. The first-order valence-corrected chi connectivity index (χ1v) is 6.50. The third-order valence-corrected chi connectivity index (χ3v) is 4.27. The van der Waals surface area contributed by atoms with Crippen LogP contribution < -0.4 is 0 Å². The van der Waals surface area contributed by atoms with Crippen molar-refractivity contribution in [2.45, 2.75) is 11.8 Å².